The van der Waals surface area contributed by atoms with Gasteiger partial charge in [-0.05, 0) is 53.5 Å². The Morgan fingerprint density at radius 1 is 1.11 bits per heavy atom. The van der Waals surface area contributed by atoms with Crippen molar-refractivity contribution in [2.75, 3.05) is 13.2 Å². The molecule has 0 aromatic carbocycles. The number of rotatable bonds is 9. The second kappa shape index (κ2) is 20.6. The van der Waals surface area contributed by atoms with Crippen molar-refractivity contribution in [2.45, 2.75) is 86.9 Å². The number of aliphatic hydroxyl groups is 1. The highest BCUT2D eigenvalue weighted by molar-refractivity contribution is 5.67. The van der Waals surface area contributed by atoms with Crippen LogP contribution >= 0.6 is 0 Å². The summed E-state index contributed by atoms with van der Waals surface area (Å²) in [5, 5.41) is 11.6. The summed E-state index contributed by atoms with van der Waals surface area (Å²) in [5.41, 5.74) is -0.459. The minimum atomic E-state index is -0.459. The number of nitrogens with one attached hydrogen (secondary N) is 1. The molecule has 0 aromatic rings. The minimum Gasteiger partial charge on any atom is -0.493 e. The molecule has 2 N–H and O–H groups in total. The Kier molecular flexibility index (Phi) is 22.8. The van der Waals surface area contributed by atoms with E-state index in [9.17, 15) is 4.79 Å². The molecule has 0 rings (SSSR count). The lowest BCUT2D eigenvalue weighted by molar-refractivity contribution is 0.0527. The number of hydrogen-bond donors (Lipinski definition) is 2. The average Bonchev–Trinajstić information content (AvgIpc) is 2.62. The van der Waals surface area contributed by atoms with Gasteiger partial charge in [-0.3, -0.25) is 0 Å². The quantitative estimate of drug-likeness (QED) is 0.301. The Bertz CT molecular complexity index is 421. The van der Waals surface area contributed by atoms with Gasteiger partial charge in [0.1, 0.15) is 11.7 Å². The molecule has 0 spiro atoms. The van der Waals surface area contributed by atoms with Crippen molar-refractivity contribution in [3.63, 3.8) is 0 Å². The number of alkyl carbamates (subject to hydrolysis) is 1. The van der Waals surface area contributed by atoms with E-state index in [1.807, 2.05) is 92.7 Å². The molecule has 1 amide bonds. The molecule has 0 saturated heterocycles. The molecule has 0 heterocycles. The maximum atomic E-state index is 11.4. The SMILES string of the molecule is CC.CC.C\C(=C/C=C\C=C\CCCNC(=O)OC(C)(C)C)OC(C)CO. The van der Waals surface area contributed by atoms with E-state index >= 15 is 0 Å². The van der Waals surface area contributed by atoms with Crippen LogP contribution in [-0.2, 0) is 9.47 Å². The summed E-state index contributed by atoms with van der Waals surface area (Å²) < 4.78 is 10.5. The third-order valence-electron chi connectivity index (χ3n) is 2.55. The summed E-state index contributed by atoms with van der Waals surface area (Å²) in [6, 6.07) is 0. The van der Waals surface area contributed by atoms with E-state index < -0.39 is 5.60 Å². The van der Waals surface area contributed by atoms with Gasteiger partial charge < -0.3 is 19.9 Å². The van der Waals surface area contributed by atoms with Crippen molar-refractivity contribution < 1.29 is 19.4 Å². The minimum absolute atomic E-state index is 0.00608. The molecular weight excluding hydrogens is 342 g/mol. The lowest BCUT2D eigenvalue weighted by Crippen LogP contribution is -2.32. The molecule has 0 aliphatic carbocycles. The van der Waals surface area contributed by atoms with Crippen LogP contribution in [0.15, 0.2) is 36.1 Å². The maximum absolute atomic E-state index is 11.4. The fraction of sp³-hybridized carbons (Fsp3) is 0.682. The Morgan fingerprint density at radius 3 is 2.22 bits per heavy atom. The van der Waals surface area contributed by atoms with Crippen LogP contribution in [0.5, 0.6) is 0 Å². The van der Waals surface area contributed by atoms with Crippen LogP contribution in [0.25, 0.3) is 0 Å². The van der Waals surface area contributed by atoms with Crippen molar-refractivity contribution in [2.24, 2.45) is 0 Å². The molecular formula is C22H43NO4. The number of ether oxygens (including phenoxy) is 2. The van der Waals surface area contributed by atoms with Gasteiger partial charge >= 0.3 is 6.09 Å². The smallest absolute Gasteiger partial charge is 0.407 e. The first-order valence-corrected chi connectivity index (χ1v) is 9.99. The van der Waals surface area contributed by atoms with Crippen LogP contribution in [-0.4, -0.2) is 36.1 Å². The van der Waals surface area contributed by atoms with Gasteiger partial charge in [-0.2, -0.15) is 0 Å². The van der Waals surface area contributed by atoms with Crippen LogP contribution in [0.4, 0.5) is 4.79 Å². The monoisotopic (exact) mass is 385 g/mol. The van der Waals surface area contributed by atoms with Gasteiger partial charge in [0, 0.05) is 6.54 Å². The van der Waals surface area contributed by atoms with E-state index in [1.54, 1.807) is 0 Å². The summed E-state index contributed by atoms with van der Waals surface area (Å²) in [6.45, 7) is 17.8. The Balaban J connectivity index is -0.00000134. The number of carbonyl (C=O) groups is 1. The molecule has 27 heavy (non-hydrogen) atoms. The van der Waals surface area contributed by atoms with Crippen LogP contribution < -0.4 is 5.32 Å². The van der Waals surface area contributed by atoms with Gasteiger partial charge in [-0.15, -0.1) is 0 Å². The molecule has 0 bridgehead atoms. The third-order valence-corrected chi connectivity index (χ3v) is 2.55. The Hall–Kier alpha value is -1.75. The molecule has 0 aromatic heterocycles. The first-order valence-electron chi connectivity index (χ1n) is 9.99. The van der Waals surface area contributed by atoms with E-state index in [4.69, 9.17) is 14.6 Å². The van der Waals surface area contributed by atoms with Crippen molar-refractivity contribution in [3.8, 4) is 0 Å². The molecule has 160 valence electrons. The molecule has 0 fully saturated rings. The first kappa shape index (κ1) is 30.0. The van der Waals surface area contributed by atoms with Crippen LogP contribution in [0.3, 0.4) is 0 Å². The van der Waals surface area contributed by atoms with Crippen LogP contribution in [0.2, 0.25) is 0 Å². The number of aliphatic hydroxyl groups excluding tert-OH is 1. The summed E-state index contributed by atoms with van der Waals surface area (Å²) in [5.74, 6) is 0.762. The van der Waals surface area contributed by atoms with Crippen molar-refractivity contribution in [1.29, 1.82) is 0 Å². The van der Waals surface area contributed by atoms with Gasteiger partial charge in [-0.25, -0.2) is 4.79 Å². The van der Waals surface area contributed by atoms with Crippen molar-refractivity contribution in [3.05, 3.63) is 36.1 Å². The molecule has 5 heteroatoms. The van der Waals surface area contributed by atoms with Gasteiger partial charge in [0.15, 0.2) is 0 Å². The predicted molar refractivity (Wildman–Crippen MR) is 116 cm³/mol. The van der Waals surface area contributed by atoms with Crippen molar-refractivity contribution in [1.82, 2.24) is 5.32 Å². The van der Waals surface area contributed by atoms with E-state index in [0.717, 1.165) is 18.6 Å². The van der Waals surface area contributed by atoms with Gasteiger partial charge in [0.05, 0.1) is 12.4 Å². The molecule has 1 unspecified atom stereocenters. The molecule has 0 saturated carbocycles. The Morgan fingerprint density at radius 2 is 1.70 bits per heavy atom. The van der Waals surface area contributed by atoms with Crippen LogP contribution in [0, 0.1) is 0 Å². The first-order chi connectivity index (χ1) is 12.7. The standard InChI is InChI=1S/C18H31NO4.2C2H6/c1-15(22-16(2)14-20)12-10-8-6-7-9-11-13-19-17(21)23-18(3,4)5;2*1-2/h6-8,10,12,16,20H,9,11,13-14H2,1-5H3,(H,19,21);2*1-2H3/b7-6+,10-8-,15-12+;;. The molecule has 1 atom stereocenters. The molecule has 0 radical (unpaired) electrons. The lowest BCUT2D eigenvalue weighted by Gasteiger charge is -2.19. The fourth-order valence-electron chi connectivity index (χ4n) is 1.55. The number of unbranched alkanes of at least 4 members (excludes halogenated alkanes) is 1. The zero-order valence-electron chi connectivity index (χ0n) is 19.0. The second-order valence-electron chi connectivity index (χ2n) is 6.27. The maximum Gasteiger partial charge on any atom is 0.407 e. The zero-order chi connectivity index (χ0) is 21.7. The van der Waals surface area contributed by atoms with Crippen molar-refractivity contribution >= 4 is 6.09 Å². The average molecular weight is 386 g/mol. The topological polar surface area (TPSA) is 67.8 Å². The summed E-state index contributed by atoms with van der Waals surface area (Å²) >= 11 is 0. The zero-order valence-corrected chi connectivity index (χ0v) is 19.0. The third kappa shape index (κ3) is 26.6. The van der Waals surface area contributed by atoms with Gasteiger partial charge in [-0.1, -0.05) is 52.0 Å². The summed E-state index contributed by atoms with van der Waals surface area (Å²) in [7, 11) is 0. The number of carbonyl (C=O) groups excluding carboxylic acids is 1. The Labute approximate surface area is 167 Å². The fourth-order valence-corrected chi connectivity index (χ4v) is 1.55. The van der Waals surface area contributed by atoms with Gasteiger partial charge in [0.2, 0.25) is 0 Å². The number of hydrogen-bond acceptors (Lipinski definition) is 4. The van der Waals surface area contributed by atoms with E-state index in [1.165, 1.54) is 0 Å². The summed E-state index contributed by atoms with van der Waals surface area (Å²) in [4.78, 5) is 11.4. The second-order valence-corrected chi connectivity index (χ2v) is 6.27. The molecule has 0 aliphatic rings. The number of amides is 1. The highest BCUT2D eigenvalue weighted by atomic mass is 16.6. The number of allylic oxidation sites excluding steroid dienone is 6. The largest absolute Gasteiger partial charge is 0.493 e. The normalized spacial score (nSPS) is 12.6. The molecule has 0 aliphatic heterocycles. The van der Waals surface area contributed by atoms with E-state index in [2.05, 4.69) is 5.32 Å². The lowest BCUT2D eigenvalue weighted by atomic mass is 10.2. The summed E-state index contributed by atoms with van der Waals surface area (Å²) in [6.07, 6.45) is 10.8. The molecule has 5 nitrogen and oxygen atoms in total. The van der Waals surface area contributed by atoms with Gasteiger partial charge in [0.25, 0.3) is 0 Å². The highest BCUT2D eigenvalue weighted by Crippen LogP contribution is 2.06. The van der Waals surface area contributed by atoms with E-state index in [0.29, 0.717) is 6.54 Å². The van der Waals surface area contributed by atoms with E-state index in [-0.39, 0.29) is 18.8 Å². The van der Waals surface area contributed by atoms with Crippen LogP contribution in [0.1, 0.15) is 75.2 Å². The highest BCUT2D eigenvalue weighted by Gasteiger charge is 2.15. The predicted octanol–water partition coefficient (Wildman–Crippen LogP) is 5.76.